The number of nitrogens with zero attached hydrogens (tertiary/aromatic N) is 2. The quantitative estimate of drug-likeness (QED) is 0.409. The van der Waals surface area contributed by atoms with Crippen molar-refractivity contribution in [2.75, 3.05) is 39.4 Å². The number of hydrogen-bond donors (Lipinski definition) is 1. The summed E-state index contributed by atoms with van der Waals surface area (Å²) in [4.78, 5) is 7.57. The van der Waals surface area contributed by atoms with Crippen LogP contribution in [0.1, 0.15) is 45.1 Å². The van der Waals surface area contributed by atoms with Gasteiger partial charge in [-0.1, -0.05) is 37.3 Å². The molecular formula is C21H34IN3O. The molecule has 0 bridgehead atoms. The van der Waals surface area contributed by atoms with Crippen LogP contribution in [0.5, 0.6) is 0 Å². The Kier molecular flexibility index (Phi) is 8.67. The van der Waals surface area contributed by atoms with Crippen molar-refractivity contribution in [1.29, 1.82) is 0 Å². The standard InChI is InChI=1S/C21H33N3O.HI/c1-3-22-20(24-13-7-8-18(2)16-24)23-17-21(11-14-25-15-12-21)19-9-5-4-6-10-19;/h4-6,9-10,18H,3,7-8,11-17H2,1-2H3,(H,22,23);1H. The molecule has 1 aromatic rings. The maximum atomic E-state index is 5.66. The number of hydrogen-bond acceptors (Lipinski definition) is 2. The molecule has 0 amide bonds. The third-order valence-electron chi connectivity index (χ3n) is 5.66. The normalized spacial score (nSPS) is 23.2. The second kappa shape index (κ2) is 10.5. The van der Waals surface area contributed by atoms with Gasteiger partial charge < -0.3 is 15.0 Å². The van der Waals surface area contributed by atoms with E-state index in [2.05, 4.69) is 54.4 Å². The Morgan fingerprint density at radius 3 is 2.65 bits per heavy atom. The summed E-state index contributed by atoms with van der Waals surface area (Å²) < 4.78 is 5.66. The minimum Gasteiger partial charge on any atom is -0.381 e. The summed E-state index contributed by atoms with van der Waals surface area (Å²) in [5.74, 6) is 1.85. The Labute approximate surface area is 175 Å². The minimum atomic E-state index is 0. The lowest BCUT2D eigenvalue weighted by molar-refractivity contribution is 0.0530. The summed E-state index contributed by atoms with van der Waals surface area (Å²) in [5, 5.41) is 3.53. The average Bonchev–Trinajstić information content (AvgIpc) is 2.66. The molecule has 2 saturated heterocycles. The number of likely N-dealkylation sites (tertiary alicyclic amines) is 1. The zero-order valence-electron chi connectivity index (χ0n) is 16.2. The fourth-order valence-electron chi connectivity index (χ4n) is 4.13. The van der Waals surface area contributed by atoms with Gasteiger partial charge in [-0.25, -0.2) is 0 Å². The van der Waals surface area contributed by atoms with Crippen LogP contribution in [0.3, 0.4) is 0 Å². The van der Waals surface area contributed by atoms with Gasteiger partial charge >= 0.3 is 0 Å². The first-order chi connectivity index (χ1) is 12.2. The fraction of sp³-hybridized carbons (Fsp3) is 0.667. The molecule has 5 heteroatoms. The van der Waals surface area contributed by atoms with Gasteiger partial charge in [0.05, 0.1) is 6.54 Å². The SMILES string of the molecule is CCNC(=NCC1(c2ccccc2)CCOCC1)N1CCCC(C)C1.I. The first kappa shape index (κ1) is 21.5. The predicted molar refractivity (Wildman–Crippen MR) is 120 cm³/mol. The fourth-order valence-corrected chi connectivity index (χ4v) is 4.13. The van der Waals surface area contributed by atoms with Crippen LogP contribution in [0.25, 0.3) is 0 Å². The second-order valence-corrected chi connectivity index (χ2v) is 7.62. The second-order valence-electron chi connectivity index (χ2n) is 7.62. The van der Waals surface area contributed by atoms with E-state index in [1.165, 1.54) is 18.4 Å². The average molecular weight is 471 g/mol. The van der Waals surface area contributed by atoms with E-state index >= 15 is 0 Å². The Morgan fingerprint density at radius 2 is 2.00 bits per heavy atom. The van der Waals surface area contributed by atoms with E-state index in [9.17, 15) is 0 Å². The number of aliphatic imine (C=N–C) groups is 1. The third kappa shape index (κ3) is 5.35. The predicted octanol–water partition coefficient (Wildman–Crippen LogP) is 4.05. The molecule has 26 heavy (non-hydrogen) atoms. The van der Waals surface area contributed by atoms with E-state index in [0.717, 1.165) is 64.1 Å². The maximum absolute atomic E-state index is 5.66. The first-order valence-electron chi connectivity index (χ1n) is 9.90. The Hall–Kier alpha value is -0.820. The Morgan fingerprint density at radius 1 is 1.27 bits per heavy atom. The van der Waals surface area contributed by atoms with Crippen molar-refractivity contribution in [3.8, 4) is 0 Å². The van der Waals surface area contributed by atoms with Gasteiger partial charge in [-0.05, 0) is 44.1 Å². The zero-order valence-corrected chi connectivity index (χ0v) is 18.6. The molecular weight excluding hydrogens is 437 g/mol. The van der Waals surface area contributed by atoms with E-state index in [0.29, 0.717) is 0 Å². The highest BCUT2D eigenvalue weighted by atomic mass is 127. The molecule has 0 saturated carbocycles. The molecule has 0 aromatic heterocycles. The molecule has 146 valence electrons. The molecule has 2 fully saturated rings. The highest BCUT2D eigenvalue weighted by molar-refractivity contribution is 14.0. The summed E-state index contributed by atoms with van der Waals surface area (Å²) in [7, 11) is 0. The number of ether oxygens (including phenoxy) is 1. The zero-order chi connectivity index (χ0) is 17.5. The molecule has 2 aliphatic heterocycles. The lowest BCUT2D eigenvalue weighted by Gasteiger charge is -2.38. The molecule has 4 nitrogen and oxygen atoms in total. The van der Waals surface area contributed by atoms with Gasteiger partial charge in [0.25, 0.3) is 0 Å². The summed E-state index contributed by atoms with van der Waals surface area (Å²) >= 11 is 0. The van der Waals surface area contributed by atoms with Crippen LogP contribution < -0.4 is 5.32 Å². The Bertz CT molecular complexity index is 558. The van der Waals surface area contributed by atoms with Crippen LogP contribution in [-0.2, 0) is 10.2 Å². The van der Waals surface area contributed by atoms with Crippen LogP contribution >= 0.6 is 24.0 Å². The van der Waals surface area contributed by atoms with Gasteiger partial charge in [-0.2, -0.15) is 0 Å². The number of piperidine rings is 1. The van der Waals surface area contributed by atoms with Gasteiger partial charge in [0.1, 0.15) is 0 Å². The third-order valence-corrected chi connectivity index (χ3v) is 5.66. The summed E-state index contributed by atoms with van der Waals surface area (Å²) in [5.41, 5.74) is 1.52. The van der Waals surface area contributed by atoms with E-state index in [1.807, 2.05) is 0 Å². The van der Waals surface area contributed by atoms with E-state index in [-0.39, 0.29) is 29.4 Å². The summed E-state index contributed by atoms with van der Waals surface area (Å²) in [6.45, 7) is 10.2. The summed E-state index contributed by atoms with van der Waals surface area (Å²) in [6, 6.07) is 10.9. The van der Waals surface area contributed by atoms with Crippen LogP contribution in [-0.4, -0.2) is 50.3 Å². The van der Waals surface area contributed by atoms with Crippen LogP contribution in [0.2, 0.25) is 0 Å². The van der Waals surface area contributed by atoms with Crippen molar-refractivity contribution in [2.45, 2.75) is 44.9 Å². The van der Waals surface area contributed by atoms with Gasteiger partial charge in [0.15, 0.2) is 5.96 Å². The topological polar surface area (TPSA) is 36.9 Å². The van der Waals surface area contributed by atoms with Crippen molar-refractivity contribution < 1.29 is 4.74 Å². The van der Waals surface area contributed by atoms with Crippen molar-refractivity contribution in [1.82, 2.24) is 10.2 Å². The molecule has 0 spiro atoms. The van der Waals surface area contributed by atoms with E-state index in [4.69, 9.17) is 9.73 Å². The highest BCUT2D eigenvalue weighted by Gasteiger charge is 2.34. The van der Waals surface area contributed by atoms with Gasteiger partial charge in [0, 0.05) is 38.3 Å². The van der Waals surface area contributed by atoms with Gasteiger partial charge in [-0.3, -0.25) is 4.99 Å². The lowest BCUT2D eigenvalue weighted by atomic mass is 9.74. The Balaban J connectivity index is 0.00000243. The largest absolute Gasteiger partial charge is 0.381 e. The van der Waals surface area contributed by atoms with Gasteiger partial charge in [-0.15, -0.1) is 24.0 Å². The van der Waals surface area contributed by atoms with Crippen molar-refractivity contribution in [3.05, 3.63) is 35.9 Å². The minimum absolute atomic E-state index is 0. The molecule has 2 aliphatic rings. The number of benzene rings is 1. The van der Waals surface area contributed by atoms with Crippen LogP contribution in [0.15, 0.2) is 35.3 Å². The lowest BCUT2D eigenvalue weighted by Crippen LogP contribution is -2.47. The first-order valence-corrected chi connectivity index (χ1v) is 9.90. The number of nitrogens with one attached hydrogen (secondary N) is 1. The van der Waals surface area contributed by atoms with Crippen molar-refractivity contribution in [3.63, 3.8) is 0 Å². The van der Waals surface area contributed by atoms with E-state index < -0.39 is 0 Å². The van der Waals surface area contributed by atoms with Crippen molar-refractivity contribution in [2.24, 2.45) is 10.9 Å². The van der Waals surface area contributed by atoms with Crippen molar-refractivity contribution >= 4 is 29.9 Å². The molecule has 2 heterocycles. The molecule has 0 aliphatic carbocycles. The molecule has 1 atom stereocenters. The number of rotatable bonds is 4. The number of guanidine groups is 1. The molecule has 0 radical (unpaired) electrons. The molecule has 1 N–H and O–H groups in total. The maximum Gasteiger partial charge on any atom is 0.193 e. The van der Waals surface area contributed by atoms with Crippen LogP contribution in [0, 0.1) is 5.92 Å². The number of halogens is 1. The van der Waals surface area contributed by atoms with E-state index in [1.54, 1.807) is 0 Å². The van der Waals surface area contributed by atoms with Gasteiger partial charge in [0.2, 0.25) is 0 Å². The summed E-state index contributed by atoms with van der Waals surface area (Å²) in [6.07, 6.45) is 4.71. The molecule has 1 unspecified atom stereocenters. The molecule has 1 aromatic carbocycles. The van der Waals surface area contributed by atoms with Crippen LogP contribution in [0.4, 0.5) is 0 Å². The molecule has 3 rings (SSSR count). The highest BCUT2D eigenvalue weighted by Crippen LogP contribution is 2.35. The smallest absolute Gasteiger partial charge is 0.193 e. The monoisotopic (exact) mass is 471 g/mol.